The Labute approximate surface area is 128 Å². The first-order valence-corrected chi connectivity index (χ1v) is 6.68. The summed E-state index contributed by atoms with van der Waals surface area (Å²) < 4.78 is 10.6. The molecule has 6 nitrogen and oxygen atoms in total. The number of halogens is 1. The number of hydrogen-bond donors (Lipinski definition) is 1. The molecule has 0 aliphatic heterocycles. The van der Waals surface area contributed by atoms with Crippen molar-refractivity contribution in [3.63, 3.8) is 0 Å². The fourth-order valence-corrected chi connectivity index (χ4v) is 1.86. The van der Waals surface area contributed by atoms with Crippen LogP contribution in [-0.4, -0.2) is 49.7 Å². The summed E-state index contributed by atoms with van der Waals surface area (Å²) in [6, 6.07) is 2.78. The van der Waals surface area contributed by atoms with Crippen molar-refractivity contribution in [3.8, 4) is 11.5 Å². The molecule has 0 spiro atoms. The number of carbonyl (C=O) groups excluding carboxylic acids is 1. The minimum absolute atomic E-state index is 0.0138. The quantitative estimate of drug-likeness (QED) is 0.781. The molecule has 1 aromatic rings. The summed E-state index contributed by atoms with van der Waals surface area (Å²) >= 11 is 5.83. The van der Waals surface area contributed by atoms with E-state index in [-0.39, 0.29) is 34.6 Å². The lowest BCUT2D eigenvalue weighted by Gasteiger charge is -2.14. The Morgan fingerprint density at radius 3 is 2.52 bits per heavy atom. The fraction of sp³-hybridized carbons (Fsp3) is 0.429. The molecule has 1 aromatic carbocycles. The highest BCUT2D eigenvalue weighted by molar-refractivity contribution is 6.31. The third kappa shape index (κ3) is 4.82. The predicted octanol–water partition coefficient (Wildman–Crippen LogP) is 2.29. The second-order valence-electron chi connectivity index (χ2n) is 4.53. The van der Waals surface area contributed by atoms with Crippen LogP contribution < -0.4 is 9.47 Å². The summed E-state index contributed by atoms with van der Waals surface area (Å²) in [6.07, 6.45) is 0.799. The first-order valence-electron chi connectivity index (χ1n) is 6.30. The minimum Gasteiger partial charge on any atom is -0.493 e. The van der Waals surface area contributed by atoms with Gasteiger partial charge in [-0.3, -0.25) is 4.79 Å². The largest absolute Gasteiger partial charge is 0.493 e. The molecule has 0 atom stereocenters. The Balaban J connectivity index is 2.78. The van der Waals surface area contributed by atoms with Crippen molar-refractivity contribution in [2.24, 2.45) is 0 Å². The molecule has 0 saturated heterocycles. The first kappa shape index (κ1) is 17.1. The topological polar surface area (TPSA) is 76.1 Å². The number of nitrogens with zero attached hydrogens (tertiary/aromatic N) is 1. The van der Waals surface area contributed by atoms with Crippen LogP contribution in [0.1, 0.15) is 23.2 Å². The van der Waals surface area contributed by atoms with Gasteiger partial charge >= 0.3 is 5.97 Å². The molecule has 1 rings (SSSR count). The lowest BCUT2D eigenvalue weighted by Crippen LogP contribution is -2.21. The number of methoxy groups -OCH3 is 1. The van der Waals surface area contributed by atoms with Gasteiger partial charge in [0.1, 0.15) is 5.56 Å². The van der Waals surface area contributed by atoms with E-state index in [1.54, 1.807) is 14.1 Å². The summed E-state index contributed by atoms with van der Waals surface area (Å²) in [4.78, 5) is 24.1. The van der Waals surface area contributed by atoms with Gasteiger partial charge in [-0.1, -0.05) is 11.6 Å². The number of benzene rings is 1. The number of rotatable bonds is 7. The van der Waals surface area contributed by atoms with E-state index in [0.29, 0.717) is 12.8 Å². The molecule has 0 heterocycles. The van der Waals surface area contributed by atoms with Crippen LogP contribution in [0.4, 0.5) is 0 Å². The number of aromatic carboxylic acids is 1. The molecule has 0 radical (unpaired) electrons. The molecule has 116 valence electrons. The van der Waals surface area contributed by atoms with Crippen molar-refractivity contribution < 1.29 is 24.2 Å². The summed E-state index contributed by atoms with van der Waals surface area (Å²) in [5.74, 6) is -0.805. The van der Waals surface area contributed by atoms with Gasteiger partial charge < -0.3 is 19.5 Å². The smallest absolute Gasteiger partial charge is 0.339 e. The molecule has 7 heteroatoms. The summed E-state index contributed by atoms with van der Waals surface area (Å²) in [5, 5.41) is 9.42. The van der Waals surface area contributed by atoms with Crippen molar-refractivity contribution in [1.82, 2.24) is 4.90 Å². The molecular formula is C14H18ClNO5. The number of ether oxygens (including phenoxy) is 2. The molecule has 0 saturated carbocycles. The zero-order valence-corrected chi connectivity index (χ0v) is 12.9. The normalized spacial score (nSPS) is 10.1. The first-order chi connectivity index (χ1) is 9.86. The van der Waals surface area contributed by atoms with E-state index in [1.807, 2.05) is 0 Å². The summed E-state index contributed by atoms with van der Waals surface area (Å²) in [6.45, 7) is 0.206. The van der Waals surface area contributed by atoms with Crippen LogP contribution in [0, 0.1) is 0 Å². The third-order valence-electron chi connectivity index (χ3n) is 2.75. The van der Waals surface area contributed by atoms with Crippen LogP contribution in [0.5, 0.6) is 11.5 Å². The van der Waals surface area contributed by atoms with Gasteiger partial charge in [-0.05, 0) is 12.5 Å². The second-order valence-corrected chi connectivity index (χ2v) is 4.97. The van der Waals surface area contributed by atoms with Crippen LogP contribution in [0.3, 0.4) is 0 Å². The van der Waals surface area contributed by atoms with Gasteiger partial charge in [0.05, 0.1) is 13.7 Å². The lowest BCUT2D eigenvalue weighted by atomic mass is 10.2. The zero-order chi connectivity index (χ0) is 16.0. The number of hydrogen-bond acceptors (Lipinski definition) is 4. The molecule has 1 amide bonds. The van der Waals surface area contributed by atoms with Crippen LogP contribution in [0.25, 0.3) is 0 Å². The van der Waals surface area contributed by atoms with E-state index < -0.39 is 5.97 Å². The Morgan fingerprint density at radius 1 is 1.33 bits per heavy atom. The Kier molecular flexibility index (Phi) is 6.30. The van der Waals surface area contributed by atoms with E-state index in [9.17, 15) is 14.7 Å². The molecule has 0 fully saturated rings. The molecular weight excluding hydrogens is 298 g/mol. The van der Waals surface area contributed by atoms with Gasteiger partial charge in [0, 0.05) is 31.6 Å². The minimum atomic E-state index is -1.16. The Hall–Kier alpha value is -1.95. The van der Waals surface area contributed by atoms with E-state index in [0.717, 1.165) is 0 Å². The van der Waals surface area contributed by atoms with E-state index in [4.69, 9.17) is 21.1 Å². The summed E-state index contributed by atoms with van der Waals surface area (Å²) in [7, 11) is 4.75. The summed E-state index contributed by atoms with van der Waals surface area (Å²) in [5.41, 5.74) is -0.0710. The van der Waals surface area contributed by atoms with Gasteiger partial charge in [0.2, 0.25) is 5.91 Å². The van der Waals surface area contributed by atoms with Crippen molar-refractivity contribution in [2.75, 3.05) is 27.8 Å². The van der Waals surface area contributed by atoms with Crippen molar-refractivity contribution >= 4 is 23.5 Å². The highest BCUT2D eigenvalue weighted by atomic mass is 35.5. The maximum Gasteiger partial charge on any atom is 0.339 e. The third-order valence-corrected chi connectivity index (χ3v) is 2.97. The fourth-order valence-electron chi connectivity index (χ4n) is 1.65. The van der Waals surface area contributed by atoms with Gasteiger partial charge in [0.25, 0.3) is 0 Å². The molecule has 0 aliphatic rings. The SMILES string of the molecule is COc1cc(Cl)cc(C(=O)O)c1OCCCC(=O)N(C)C. The highest BCUT2D eigenvalue weighted by Crippen LogP contribution is 2.34. The lowest BCUT2D eigenvalue weighted by molar-refractivity contribution is -0.128. The Morgan fingerprint density at radius 2 is 2.00 bits per heavy atom. The number of amides is 1. The average molecular weight is 316 g/mol. The number of carboxylic acid groups (broad SMARTS) is 1. The second kappa shape index (κ2) is 7.73. The maximum absolute atomic E-state index is 11.4. The highest BCUT2D eigenvalue weighted by Gasteiger charge is 2.18. The van der Waals surface area contributed by atoms with E-state index in [2.05, 4.69) is 0 Å². The van der Waals surface area contributed by atoms with Gasteiger partial charge in [-0.2, -0.15) is 0 Å². The molecule has 0 aliphatic carbocycles. The van der Waals surface area contributed by atoms with Crippen LogP contribution in [0.15, 0.2) is 12.1 Å². The van der Waals surface area contributed by atoms with Gasteiger partial charge in [0.15, 0.2) is 11.5 Å². The van der Waals surface area contributed by atoms with Gasteiger partial charge in [-0.15, -0.1) is 0 Å². The number of carboxylic acids is 1. The Bertz CT molecular complexity index is 530. The van der Waals surface area contributed by atoms with Crippen molar-refractivity contribution in [2.45, 2.75) is 12.8 Å². The van der Waals surface area contributed by atoms with E-state index >= 15 is 0 Å². The maximum atomic E-state index is 11.4. The van der Waals surface area contributed by atoms with Gasteiger partial charge in [-0.25, -0.2) is 4.79 Å². The van der Waals surface area contributed by atoms with E-state index in [1.165, 1.54) is 24.1 Å². The monoisotopic (exact) mass is 315 g/mol. The van der Waals surface area contributed by atoms with Crippen LogP contribution in [0.2, 0.25) is 5.02 Å². The molecule has 0 unspecified atom stereocenters. The molecule has 0 aromatic heterocycles. The predicted molar refractivity (Wildman–Crippen MR) is 78.4 cm³/mol. The standard InChI is InChI=1S/C14H18ClNO5/c1-16(2)12(17)5-4-6-21-13-10(14(18)19)7-9(15)8-11(13)20-3/h7-8H,4-6H2,1-3H3,(H,18,19). The molecule has 1 N–H and O–H groups in total. The molecule has 0 bridgehead atoms. The average Bonchev–Trinajstić information content (AvgIpc) is 2.43. The van der Waals surface area contributed by atoms with Crippen molar-refractivity contribution in [1.29, 1.82) is 0 Å². The molecule has 21 heavy (non-hydrogen) atoms. The van der Waals surface area contributed by atoms with Crippen molar-refractivity contribution in [3.05, 3.63) is 22.7 Å². The van der Waals surface area contributed by atoms with Crippen LogP contribution >= 0.6 is 11.6 Å². The number of carbonyl (C=O) groups is 2. The zero-order valence-electron chi connectivity index (χ0n) is 12.2. The van der Waals surface area contributed by atoms with Crippen LogP contribution in [-0.2, 0) is 4.79 Å².